The van der Waals surface area contributed by atoms with Crippen LogP contribution in [-0.4, -0.2) is 30.6 Å². The molecule has 0 aromatic carbocycles. The van der Waals surface area contributed by atoms with Crippen LogP contribution in [-0.2, 0) is 26.6 Å². The standard InChI is InChI=1S/C13H14ClN5O/c1-3-9-11(12(14)18(2)17-9)13(20)19-5-8-4-15-7-16-10(8)6-19/h4,7H,3,5-6H2,1-2H3. The van der Waals surface area contributed by atoms with Crippen LogP contribution in [0.3, 0.4) is 0 Å². The highest BCUT2D eigenvalue weighted by atomic mass is 35.5. The fourth-order valence-electron chi connectivity index (χ4n) is 2.42. The Morgan fingerprint density at radius 1 is 1.45 bits per heavy atom. The van der Waals surface area contributed by atoms with E-state index in [1.54, 1.807) is 18.1 Å². The zero-order chi connectivity index (χ0) is 14.3. The van der Waals surface area contributed by atoms with E-state index in [2.05, 4.69) is 15.1 Å². The molecule has 0 atom stereocenters. The third kappa shape index (κ3) is 1.96. The topological polar surface area (TPSA) is 63.9 Å². The molecule has 2 aromatic heterocycles. The summed E-state index contributed by atoms with van der Waals surface area (Å²) in [4.78, 5) is 22.6. The van der Waals surface area contributed by atoms with Crippen LogP contribution < -0.4 is 0 Å². The van der Waals surface area contributed by atoms with Crippen molar-refractivity contribution in [2.45, 2.75) is 26.4 Å². The molecule has 0 saturated heterocycles. The number of halogens is 1. The monoisotopic (exact) mass is 291 g/mol. The highest BCUT2D eigenvalue weighted by molar-refractivity contribution is 6.33. The number of nitrogens with zero attached hydrogens (tertiary/aromatic N) is 5. The second-order valence-corrected chi connectivity index (χ2v) is 5.10. The zero-order valence-corrected chi connectivity index (χ0v) is 12.1. The van der Waals surface area contributed by atoms with Crippen LogP contribution >= 0.6 is 11.6 Å². The molecule has 3 rings (SSSR count). The molecule has 0 unspecified atom stereocenters. The predicted molar refractivity (Wildman–Crippen MR) is 73.2 cm³/mol. The van der Waals surface area contributed by atoms with Crippen LogP contribution in [0.5, 0.6) is 0 Å². The van der Waals surface area contributed by atoms with E-state index in [1.807, 2.05) is 6.92 Å². The van der Waals surface area contributed by atoms with Gasteiger partial charge in [-0.2, -0.15) is 5.10 Å². The number of aryl methyl sites for hydroxylation is 2. The Balaban J connectivity index is 1.92. The third-order valence-electron chi connectivity index (χ3n) is 3.47. The van der Waals surface area contributed by atoms with Gasteiger partial charge >= 0.3 is 0 Å². The third-order valence-corrected chi connectivity index (χ3v) is 3.90. The second kappa shape index (κ2) is 4.86. The Hall–Kier alpha value is -1.95. The predicted octanol–water partition coefficient (Wildman–Crippen LogP) is 1.58. The Kier molecular flexibility index (Phi) is 3.17. The molecule has 7 heteroatoms. The van der Waals surface area contributed by atoms with Crippen LogP contribution in [0.15, 0.2) is 12.5 Å². The van der Waals surface area contributed by atoms with E-state index in [9.17, 15) is 4.79 Å². The second-order valence-electron chi connectivity index (χ2n) is 4.75. The van der Waals surface area contributed by atoms with Gasteiger partial charge in [-0.05, 0) is 6.42 Å². The summed E-state index contributed by atoms with van der Waals surface area (Å²) in [6, 6.07) is 0. The smallest absolute Gasteiger partial charge is 0.259 e. The minimum Gasteiger partial charge on any atom is -0.328 e. The maximum absolute atomic E-state index is 12.7. The van der Waals surface area contributed by atoms with Crippen molar-refractivity contribution >= 4 is 17.5 Å². The molecule has 0 aliphatic carbocycles. The molecule has 0 bridgehead atoms. The molecular formula is C13H14ClN5O. The van der Waals surface area contributed by atoms with Crippen molar-refractivity contribution in [1.82, 2.24) is 24.6 Å². The molecule has 20 heavy (non-hydrogen) atoms. The largest absolute Gasteiger partial charge is 0.328 e. The molecule has 0 radical (unpaired) electrons. The number of carbonyl (C=O) groups excluding carboxylic acids is 1. The SMILES string of the molecule is CCc1nn(C)c(Cl)c1C(=O)N1Cc2cncnc2C1. The van der Waals surface area contributed by atoms with Crippen LogP contribution in [0.25, 0.3) is 0 Å². The summed E-state index contributed by atoms with van der Waals surface area (Å²) in [6.45, 7) is 2.97. The molecule has 0 N–H and O–H groups in total. The molecule has 2 aromatic rings. The number of amides is 1. The first kappa shape index (κ1) is 13.1. The van der Waals surface area contributed by atoms with Gasteiger partial charge in [0.1, 0.15) is 11.5 Å². The quantitative estimate of drug-likeness (QED) is 0.843. The summed E-state index contributed by atoms with van der Waals surface area (Å²) in [6.07, 6.45) is 3.92. The number of rotatable bonds is 2. The van der Waals surface area contributed by atoms with Gasteiger partial charge in [0.2, 0.25) is 0 Å². The minimum absolute atomic E-state index is 0.0991. The number of carbonyl (C=O) groups is 1. The number of aromatic nitrogens is 4. The molecule has 3 heterocycles. The van der Waals surface area contributed by atoms with Gasteiger partial charge in [-0.15, -0.1) is 0 Å². The molecule has 0 spiro atoms. The van der Waals surface area contributed by atoms with E-state index in [0.29, 0.717) is 30.2 Å². The molecule has 1 aliphatic heterocycles. The summed E-state index contributed by atoms with van der Waals surface area (Å²) >= 11 is 6.20. The molecule has 0 saturated carbocycles. The summed E-state index contributed by atoms with van der Waals surface area (Å²) in [5, 5.41) is 4.66. The van der Waals surface area contributed by atoms with Crippen molar-refractivity contribution in [2.75, 3.05) is 0 Å². The van der Waals surface area contributed by atoms with E-state index < -0.39 is 0 Å². The summed E-state index contributed by atoms with van der Waals surface area (Å²) in [7, 11) is 1.74. The first-order chi connectivity index (χ1) is 9.61. The van der Waals surface area contributed by atoms with Gasteiger partial charge in [-0.3, -0.25) is 9.48 Å². The van der Waals surface area contributed by atoms with Crippen LogP contribution in [0.1, 0.15) is 34.2 Å². The maximum atomic E-state index is 12.7. The molecule has 0 fully saturated rings. The number of hydrogen-bond acceptors (Lipinski definition) is 4. The lowest BCUT2D eigenvalue weighted by Gasteiger charge is -2.15. The van der Waals surface area contributed by atoms with E-state index >= 15 is 0 Å². The molecule has 1 amide bonds. The van der Waals surface area contributed by atoms with Crippen molar-refractivity contribution in [3.8, 4) is 0 Å². The van der Waals surface area contributed by atoms with Gasteiger partial charge in [0.25, 0.3) is 5.91 Å². The molecule has 104 valence electrons. The van der Waals surface area contributed by atoms with Crippen molar-refractivity contribution in [3.63, 3.8) is 0 Å². The lowest BCUT2D eigenvalue weighted by molar-refractivity contribution is 0.0749. The molecule has 6 nitrogen and oxygen atoms in total. The van der Waals surface area contributed by atoms with Gasteiger partial charge < -0.3 is 4.90 Å². The van der Waals surface area contributed by atoms with E-state index in [4.69, 9.17) is 11.6 Å². The van der Waals surface area contributed by atoms with E-state index in [-0.39, 0.29) is 5.91 Å². The Labute approximate surface area is 121 Å². The Morgan fingerprint density at radius 2 is 2.25 bits per heavy atom. The number of hydrogen-bond donors (Lipinski definition) is 0. The molecular weight excluding hydrogens is 278 g/mol. The van der Waals surface area contributed by atoms with E-state index in [1.165, 1.54) is 11.0 Å². The lowest BCUT2D eigenvalue weighted by atomic mass is 10.2. The number of fused-ring (bicyclic) bond motifs is 1. The van der Waals surface area contributed by atoms with Crippen LogP contribution in [0.4, 0.5) is 0 Å². The van der Waals surface area contributed by atoms with Gasteiger partial charge in [-0.25, -0.2) is 9.97 Å². The van der Waals surface area contributed by atoms with Crippen LogP contribution in [0, 0.1) is 0 Å². The highest BCUT2D eigenvalue weighted by Crippen LogP contribution is 2.26. The van der Waals surface area contributed by atoms with Crippen molar-refractivity contribution < 1.29 is 4.79 Å². The van der Waals surface area contributed by atoms with Gasteiger partial charge in [-0.1, -0.05) is 18.5 Å². The van der Waals surface area contributed by atoms with Crippen LogP contribution in [0.2, 0.25) is 5.15 Å². The normalized spacial score (nSPS) is 13.7. The summed E-state index contributed by atoms with van der Waals surface area (Å²) in [5.74, 6) is -0.0991. The summed E-state index contributed by atoms with van der Waals surface area (Å²) in [5.41, 5.74) is 3.10. The van der Waals surface area contributed by atoms with Crippen molar-refractivity contribution in [2.24, 2.45) is 7.05 Å². The zero-order valence-electron chi connectivity index (χ0n) is 11.3. The Morgan fingerprint density at radius 3 is 2.95 bits per heavy atom. The lowest BCUT2D eigenvalue weighted by Crippen LogP contribution is -2.26. The van der Waals surface area contributed by atoms with Crippen molar-refractivity contribution in [1.29, 1.82) is 0 Å². The minimum atomic E-state index is -0.0991. The van der Waals surface area contributed by atoms with Crippen molar-refractivity contribution in [3.05, 3.63) is 40.2 Å². The van der Waals surface area contributed by atoms with E-state index in [0.717, 1.165) is 17.0 Å². The maximum Gasteiger partial charge on any atom is 0.259 e. The highest BCUT2D eigenvalue weighted by Gasteiger charge is 2.30. The fourth-order valence-corrected chi connectivity index (χ4v) is 2.64. The van der Waals surface area contributed by atoms with Gasteiger partial charge in [0.05, 0.1) is 23.5 Å². The first-order valence-corrected chi connectivity index (χ1v) is 6.78. The summed E-state index contributed by atoms with van der Waals surface area (Å²) < 4.78 is 1.54. The average Bonchev–Trinajstić information content (AvgIpc) is 3.00. The average molecular weight is 292 g/mol. The van der Waals surface area contributed by atoms with Gasteiger partial charge in [0, 0.05) is 25.4 Å². The van der Waals surface area contributed by atoms with Gasteiger partial charge in [0.15, 0.2) is 0 Å². The molecule has 1 aliphatic rings. The Bertz CT molecular complexity index is 656. The first-order valence-electron chi connectivity index (χ1n) is 6.40. The fraction of sp³-hybridized carbons (Fsp3) is 0.385.